The fourth-order valence-corrected chi connectivity index (χ4v) is 3.44. The van der Waals surface area contributed by atoms with E-state index in [4.69, 9.17) is 9.15 Å². The zero-order valence-corrected chi connectivity index (χ0v) is 16.7. The first-order valence-electron chi connectivity index (χ1n) is 9.88. The van der Waals surface area contributed by atoms with Crippen LogP contribution in [0, 0.1) is 5.82 Å². The van der Waals surface area contributed by atoms with Gasteiger partial charge in [-0.25, -0.2) is 4.39 Å². The van der Waals surface area contributed by atoms with Crippen LogP contribution in [-0.4, -0.2) is 24.5 Å². The van der Waals surface area contributed by atoms with E-state index in [1.54, 1.807) is 19.2 Å². The highest BCUT2D eigenvalue weighted by molar-refractivity contribution is 5.84. The predicted octanol–water partition coefficient (Wildman–Crippen LogP) is 4.87. The van der Waals surface area contributed by atoms with Gasteiger partial charge < -0.3 is 19.5 Å². The number of benzene rings is 2. The maximum absolute atomic E-state index is 13.0. The van der Waals surface area contributed by atoms with Gasteiger partial charge in [0.15, 0.2) is 0 Å². The Hall–Kier alpha value is -3.54. The Balaban J connectivity index is 1.25. The largest absolute Gasteiger partial charge is 0.497 e. The maximum Gasteiger partial charge on any atom is 0.220 e. The lowest BCUT2D eigenvalue weighted by Gasteiger charge is -2.05. The maximum atomic E-state index is 13.0. The standard InChI is InChI=1S/C24H23FN2O3/c1-29-20-6-9-21-17(15-27-22(21)14-20)12-13-26-24(28)11-8-19-7-10-23(30-19)16-2-4-18(25)5-3-16/h2-7,9-10,14-15,27H,8,11-13H2,1H3,(H,26,28). The number of carbonyl (C=O) groups excluding carboxylic acids is 1. The van der Waals surface area contributed by atoms with E-state index >= 15 is 0 Å². The summed E-state index contributed by atoms with van der Waals surface area (Å²) in [7, 11) is 1.65. The van der Waals surface area contributed by atoms with E-state index in [9.17, 15) is 9.18 Å². The monoisotopic (exact) mass is 406 g/mol. The third-order valence-corrected chi connectivity index (χ3v) is 5.08. The number of nitrogens with one attached hydrogen (secondary N) is 2. The molecule has 5 nitrogen and oxygen atoms in total. The van der Waals surface area contributed by atoms with Crippen molar-refractivity contribution < 1.29 is 18.3 Å². The molecule has 30 heavy (non-hydrogen) atoms. The lowest BCUT2D eigenvalue weighted by atomic mass is 10.1. The molecule has 0 saturated heterocycles. The Bertz CT molecular complexity index is 1140. The minimum atomic E-state index is -0.283. The summed E-state index contributed by atoms with van der Waals surface area (Å²) in [6.45, 7) is 0.566. The van der Waals surface area contributed by atoms with Gasteiger partial charge in [0, 0.05) is 48.1 Å². The quantitative estimate of drug-likeness (QED) is 0.439. The van der Waals surface area contributed by atoms with Crippen molar-refractivity contribution in [3.05, 3.63) is 77.9 Å². The minimum absolute atomic E-state index is 0.0174. The van der Waals surface area contributed by atoms with Crippen LogP contribution in [0.1, 0.15) is 17.7 Å². The average molecular weight is 406 g/mol. The van der Waals surface area contributed by atoms with Crippen LogP contribution in [0.5, 0.6) is 5.75 Å². The van der Waals surface area contributed by atoms with Gasteiger partial charge in [-0.2, -0.15) is 0 Å². The summed E-state index contributed by atoms with van der Waals surface area (Å²) in [6.07, 6.45) is 3.57. The molecular formula is C24H23FN2O3. The molecule has 0 saturated carbocycles. The molecule has 154 valence electrons. The van der Waals surface area contributed by atoms with E-state index < -0.39 is 0 Å². The average Bonchev–Trinajstić information content (AvgIpc) is 3.40. The van der Waals surface area contributed by atoms with Crippen LogP contribution in [0.3, 0.4) is 0 Å². The Morgan fingerprint density at radius 1 is 1.10 bits per heavy atom. The van der Waals surface area contributed by atoms with E-state index in [0.717, 1.165) is 40.0 Å². The smallest absolute Gasteiger partial charge is 0.220 e. The summed E-state index contributed by atoms with van der Waals surface area (Å²) in [5.74, 6) is 1.91. The summed E-state index contributed by atoms with van der Waals surface area (Å²) >= 11 is 0. The van der Waals surface area contributed by atoms with Crippen molar-refractivity contribution in [1.29, 1.82) is 0 Å². The van der Waals surface area contributed by atoms with Crippen LogP contribution in [0.4, 0.5) is 4.39 Å². The van der Waals surface area contributed by atoms with Gasteiger partial charge in [0.1, 0.15) is 23.1 Å². The molecule has 0 fully saturated rings. The van der Waals surface area contributed by atoms with Crippen LogP contribution < -0.4 is 10.1 Å². The van der Waals surface area contributed by atoms with Gasteiger partial charge in [0.05, 0.1) is 7.11 Å². The number of rotatable bonds is 8. The number of ether oxygens (including phenoxy) is 1. The number of aromatic nitrogens is 1. The molecular weight excluding hydrogens is 383 g/mol. The molecule has 2 heterocycles. The Morgan fingerprint density at radius 2 is 1.93 bits per heavy atom. The molecule has 0 aliphatic heterocycles. The lowest BCUT2D eigenvalue weighted by Crippen LogP contribution is -2.25. The number of amides is 1. The highest BCUT2D eigenvalue weighted by Crippen LogP contribution is 2.24. The normalized spacial score (nSPS) is 11.0. The third kappa shape index (κ3) is 4.54. The number of aromatic amines is 1. The molecule has 1 amide bonds. The van der Waals surface area contributed by atoms with Crippen LogP contribution >= 0.6 is 0 Å². The van der Waals surface area contributed by atoms with Crippen LogP contribution in [0.2, 0.25) is 0 Å². The van der Waals surface area contributed by atoms with Gasteiger partial charge in [-0.05, 0) is 60.5 Å². The molecule has 0 unspecified atom stereocenters. The second-order valence-electron chi connectivity index (χ2n) is 7.10. The summed E-state index contributed by atoms with van der Waals surface area (Å²) in [5.41, 5.74) is 2.98. The van der Waals surface area contributed by atoms with Crippen molar-refractivity contribution in [2.75, 3.05) is 13.7 Å². The molecule has 2 aromatic carbocycles. The minimum Gasteiger partial charge on any atom is -0.497 e. The molecule has 4 aromatic rings. The second-order valence-corrected chi connectivity index (χ2v) is 7.10. The van der Waals surface area contributed by atoms with Crippen LogP contribution in [-0.2, 0) is 17.6 Å². The number of H-pyrrole nitrogens is 1. The van der Waals surface area contributed by atoms with Gasteiger partial charge >= 0.3 is 0 Å². The van der Waals surface area contributed by atoms with E-state index in [2.05, 4.69) is 10.3 Å². The van der Waals surface area contributed by atoms with E-state index in [1.165, 1.54) is 12.1 Å². The summed E-state index contributed by atoms with van der Waals surface area (Å²) in [6, 6.07) is 15.8. The fourth-order valence-electron chi connectivity index (χ4n) is 3.44. The van der Waals surface area contributed by atoms with Crippen molar-refractivity contribution in [3.8, 4) is 17.1 Å². The first-order chi connectivity index (χ1) is 14.6. The van der Waals surface area contributed by atoms with E-state index in [1.807, 2.05) is 36.5 Å². The molecule has 0 aliphatic carbocycles. The van der Waals surface area contributed by atoms with Crippen LogP contribution in [0.15, 0.2) is 65.2 Å². The molecule has 2 N–H and O–H groups in total. The number of fused-ring (bicyclic) bond motifs is 1. The number of methoxy groups -OCH3 is 1. The van der Waals surface area contributed by atoms with E-state index in [-0.39, 0.29) is 11.7 Å². The zero-order valence-electron chi connectivity index (χ0n) is 16.7. The predicted molar refractivity (Wildman–Crippen MR) is 114 cm³/mol. The van der Waals surface area contributed by atoms with Crippen LogP contribution in [0.25, 0.3) is 22.2 Å². The molecule has 0 aliphatic rings. The summed E-state index contributed by atoms with van der Waals surface area (Å²) in [4.78, 5) is 15.4. The van der Waals surface area contributed by atoms with E-state index in [0.29, 0.717) is 25.1 Å². The highest BCUT2D eigenvalue weighted by atomic mass is 19.1. The fraction of sp³-hybridized carbons (Fsp3) is 0.208. The molecule has 6 heteroatoms. The second kappa shape index (κ2) is 8.86. The molecule has 0 radical (unpaired) electrons. The Morgan fingerprint density at radius 3 is 2.73 bits per heavy atom. The molecule has 0 bridgehead atoms. The number of furan rings is 1. The highest BCUT2D eigenvalue weighted by Gasteiger charge is 2.09. The van der Waals surface area contributed by atoms with Gasteiger partial charge in [-0.1, -0.05) is 0 Å². The molecule has 4 rings (SSSR count). The third-order valence-electron chi connectivity index (χ3n) is 5.08. The summed E-state index contributed by atoms with van der Waals surface area (Å²) in [5, 5.41) is 4.10. The Labute approximate surface area is 173 Å². The van der Waals surface area contributed by atoms with Gasteiger partial charge in [-0.15, -0.1) is 0 Å². The Kier molecular flexibility index (Phi) is 5.84. The topological polar surface area (TPSA) is 67.3 Å². The number of aryl methyl sites for hydroxylation is 1. The van der Waals surface area contributed by atoms with Crippen molar-refractivity contribution >= 4 is 16.8 Å². The number of hydrogen-bond acceptors (Lipinski definition) is 3. The van der Waals surface area contributed by atoms with Gasteiger partial charge in [0.25, 0.3) is 0 Å². The van der Waals surface area contributed by atoms with Gasteiger partial charge in [0.2, 0.25) is 5.91 Å². The first-order valence-corrected chi connectivity index (χ1v) is 9.88. The van der Waals surface area contributed by atoms with Gasteiger partial charge in [-0.3, -0.25) is 4.79 Å². The number of hydrogen-bond donors (Lipinski definition) is 2. The lowest BCUT2D eigenvalue weighted by molar-refractivity contribution is -0.121. The van der Waals surface area contributed by atoms with Crippen molar-refractivity contribution in [1.82, 2.24) is 10.3 Å². The molecule has 0 atom stereocenters. The first kappa shape index (κ1) is 19.8. The zero-order chi connectivity index (χ0) is 20.9. The van der Waals surface area contributed by atoms with Crippen molar-refractivity contribution in [2.24, 2.45) is 0 Å². The SMILES string of the molecule is COc1ccc2c(CCNC(=O)CCc3ccc(-c4ccc(F)cc4)o3)c[nH]c2c1. The molecule has 0 spiro atoms. The number of carbonyl (C=O) groups is 1. The summed E-state index contributed by atoms with van der Waals surface area (Å²) < 4.78 is 24.0. The van der Waals surface area contributed by atoms with Crippen molar-refractivity contribution in [3.63, 3.8) is 0 Å². The van der Waals surface area contributed by atoms with Crippen molar-refractivity contribution in [2.45, 2.75) is 19.3 Å². The number of halogens is 1. The molecule has 2 aromatic heterocycles.